The third kappa shape index (κ3) is 4.66. The number of alkyl halides is 2. The Morgan fingerprint density at radius 2 is 1.64 bits per heavy atom. The second-order valence-corrected chi connectivity index (χ2v) is 4.74. The molecule has 3 N–H and O–H groups in total. The molecule has 0 bridgehead atoms. The number of aliphatic hydroxyl groups excluding tert-OH is 1. The molecule has 0 heterocycles. The number of halogens is 3. The van der Waals surface area contributed by atoms with Gasteiger partial charge in [-0.05, 0) is 23.3 Å². The summed E-state index contributed by atoms with van der Waals surface area (Å²) in [5.41, 5.74) is 6.72. The van der Waals surface area contributed by atoms with E-state index in [-0.39, 0.29) is 18.0 Å². The van der Waals surface area contributed by atoms with E-state index in [0.29, 0.717) is 12.4 Å². The highest BCUT2D eigenvalue weighted by Gasteiger charge is 2.37. The molecular weight excluding hydrogens is 312 g/mol. The SMILES string of the molecule is Cl.N[C@@H](c1ccc(OCc2ccccc2)cc1)C(F)(F)CO. The second-order valence-electron chi connectivity index (χ2n) is 4.74. The van der Waals surface area contributed by atoms with Crippen molar-refractivity contribution < 1.29 is 18.6 Å². The van der Waals surface area contributed by atoms with Crippen LogP contribution in [-0.4, -0.2) is 17.6 Å². The van der Waals surface area contributed by atoms with E-state index in [1.165, 1.54) is 12.1 Å². The van der Waals surface area contributed by atoms with Crippen LogP contribution < -0.4 is 10.5 Å². The van der Waals surface area contributed by atoms with Gasteiger partial charge in [0.1, 0.15) is 19.0 Å². The van der Waals surface area contributed by atoms with Crippen molar-refractivity contribution in [3.63, 3.8) is 0 Å². The third-order valence-electron chi connectivity index (χ3n) is 3.15. The van der Waals surface area contributed by atoms with Crippen LogP contribution in [0.5, 0.6) is 5.75 Å². The third-order valence-corrected chi connectivity index (χ3v) is 3.15. The van der Waals surface area contributed by atoms with Gasteiger partial charge in [0.05, 0.1) is 6.04 Å². The molecule has 0 aliphatic rings. The minimum Gasteiger partial charge on any atom is -0.489 e. The molecule has 0 spiro atoms. The fraction of sp³-hybridized carbons (Fsp3) is 0.250. The Morgan fingerprint density at radius 1 is 1.05 bits per heavy atom. The smallest absolute Gasteiger partial charge is 0.289 e. The summed E-state index contributed by atoms with van der Waals surface area (Å²) in [6.45, 7) is -0.876. The van der Waals surface area contributed by atoms with Crippen LogP contribution in [0.25, 0.3) is 0 Å². The molecule has 1 atom stereocenters. The molecule has 2 aromatic carbocycles. The first-order valence-electron chi connectivity index (χ1n) is 6.54. The summed E-state index contributed by atoms with van der Waals surface area (Å²) in [6.07, 6.45) is 0. The summed E-state index contributed by atoms with van der Waals surface area (Å²) in [5, 5.41) is 8.64. The monoisotopic (exact) mass is 329 g/mol. The number of nitrogens with two attached hydrogens (primary N) is 1. The van der Waals surface area contributed by atoms with Crippen molar-refractivity contribution in [2.45, 2.75) is 18.6 Å². The molecule has 120 valence electrons. The van der Waals surface area contributed by atoms with Gasteiger partial charge in [-0.3, -0.25) is 0 Å². The van der Waals surface area contributed by atoms with Crippen LogP contribution in [0.1, 0.15) is 17.2 Å². The molecular formula is C16H18ClF2NO2. The zero-order chi connectivity index (χ0) is 15.3. The summed E-state index contributed by atoms with van der Waals surface area (Å²) in [6, 6.07) is 14.2. The van der Waals surface area contributed by atoms with Gasteiger partial charge in [-0.15, -0.1) is 12.4 Å². The topological polar surface area (TPSA) is 55.5 Å². The highest BCUT2D eigenvalue weighted by atomic mass is 35.5. The van der Waals surface area contributed by atoms with E-state index in [9.17, 15) is 8.78 Å². The Bertz CT molecular complexity index is 564. The zero-order valence-electron chi connectivity index (χ0n) is 11.8. The van der Waals surface area contributed by atoms with Crippen molar-refractivity contribution in [1.29, 1.82) is 0 Å². The lowest BCUT2D eigenvalue weighted by Crippen LogP contribution is -2.36. The van der Waals surface area contributed by atoms with Crippen LogP contribution in [0.2, 0.25) is 0 Å². The molecule has 0 saturated carbocycles. The van der Waals surface area contributed by atoms with Crippen molar-refractivity contribution in [3.8, 4) is 5.75 Å². The molecule has 2 aromatic rings. The van der Waals surface area contributed by atoms with Gasteiger partial charge in [-0.25, -0.2) is 8.78 Å². The van der Waals surface area contributed by atoms with Gasteiger partial charge in [0.25, 0.3) is 5.92 Å². The van der Waals surface area contributed by atoms with Gasteiger partial charge in [0.15, 0.2) is 0 Å². The van der Waals surface area contributed by atoms with Gasteiger partial charge in [0.2, 0.25) is 0 Å². The average molecular weight is 330 g/mol. The van der Waals surface area contributed by atoms with Crippen LogP contribution in [-0.2, 0) is 6.61 Å². The Kier molecular flexibility index (Phi) is 6.74. The highest BCUT2D eigenvalue weighted by molar-refractivity contribution is 5.85. The largest absolute Gasteiger partial charge is 0.489 e. The molecule has 0 aliphatic heterocycles. The van der Waals surface area contributed by atoms with Crippen molar-refractivity contribution in [2.75, 3.05) is 6.61 Å². The fourth-order valence-electron chi connectivity index (χ4n) is 1.85. The van der Waals surface area contributed by atoms with E-state index in [2.05, 4.69) is 0 Å². The first kappa shape index (κ1) is 18.4. The molecule has 0 unspecified atom stereocenters. The Balaban J connectivity index is 0.00000242. The molecule has 0 amide bonds. The van der Waals surface area contributed by atoms with Crippen molar-refractivity contribution >= 4 is 12.4 Å². The van der Waals surface area contributed by atoms with E-state index in [4.69, 9.17) is 15.6 Å². The van der Waals surface area contributed by atoms with Gasteiger partial charge in [-0.1, -0.05) is 42.5 Å². The maximum atomic E-state index is 13.3. The number of aliphatic hydroxyl groups is 1. The zero-order valence-corrected chi connectivity index (χ0v) is 12.6. The van der Waals surface area contributed by atoms with Crippen molar-refractivity contribution in [3.05, 3.63) is 65.7 Å². The highest BCUT2D eigenvalue weighted by Crippen LogP contribution is 2.29. The van der Waals surface area contributed by atoms with E-state index in [1.807, 2.05) is 30.3 Å². The summed E-state index contributed by atoms with van der Waals surface area (Å²) in [7, 11) is 0. The van der Waals surface area contributed by atoms with Crippen molar-refractivity contribution in [2.24, 2.45) is 5.73 Å². The fourth-order valence-corrected chi connectivity index (χ4v) is 1.85. The number of hydrogen-bond donors (Lipinski definition) is 2. The normalized spacial score (nSPS) is 12.4. The summed E-state index contributed by atoms with van der Waals surface area (Å²) in [4.78, 5) is 0. The lowest BCUT2D eigenvalue weighted by Gasteiger charge is -2.21. The van der Waals surface area contributed by atoms with Crippen LogP contribution in [0, 0.1) is 0 Å². The molecule has 0 saturated heterocycles. The molecule has 0 aromatic heterocycles. The Morgan fingerprint density at radius 3 is 2.18 bits per heavy atom. The molecule has 22 heavy (non-hydrogen) atoms. The minimum atomic E-state index is -3.34. The number of rotatable bonds is 6. The maximum Gasteiger partial charge on any atom is 0.289 e. The summed E-state index contributed by atoms with van der Waals surface area (Å²) >= 11 is 0. The van der Waals surface area contributed by atoms with Gasteiger partial charge >= 0.3 is 0 Å². The van der Waals surface area contributed by atoms with Gasteiger partial charge in [0, 0.05) is 0 Å². The molecule has 3 nitrogen and oxygen atoms in total. The quantitative estimate of drug-likeness (QED) is 0.855. The van der Waals surface area contributed by atoms with Crippen molar-refractivity contribution in [1.82, 2.24) is 0 Å². The van der Waals surface area contributed by atoms with Crippen LogP contribution in [0.3, 0.4) is 0 Å². The molecule has 0 radical (unpaired) electrons. The molecule has 0 aliphatic carbocycles. The predicted molar refractivity (Wildman–Crippen MR) is 83.4 cm³/mol. The van der Waals surface area contributed by atoms with Crippen LogP contribution in [0.4, 0.5) is 8.78 Å². The molecule has 2 rings (SSSR count). The van der Waals surface area contributed by atoms with E-state index < -0.39 is 18.6 Å². The lowest BCUT2D eigenvalue weighted by atomic mass is 10.0. The number of ether oxygens (including phenoxy) is 1. The van der Waals surface area contributed by atoms with Gasteiger partial charge < -0.3 is 15.6 Å². The first-order valence-corrected chi connectivity index (χ1v) is 6.54. The number of hydrogen-bond acceptors (Lipinski definition) is 3. The van der Waals surface area contributed by atoms with Crippen LogP contribution >= 0.6 is 12.4 Å². The van der Waals surface area contributed by atoms with E-state index in [1.54, 1.807) is 12.1 Å². The van der Waals surface area contributed by atoms with E-state index >= 15 is 0 Å². The molecule has 0 fully saturated rings. The van der Waals surface area contributed by atoms with Gasteiger partial charge in [-0.2, -0.15) is 0 Å². The first-order chi connectivity index (χ1) is 10.0. The standard InChI is InChI=1S/C16H17F2NO2.ClH/c17-16(18,11-20)15(19)13-6-8-14(9-7-13)21-10-12-4-2-1-3-5-12;/h1-9,15,20H,10-11,19H2;1H/t15-;/m0./s1. The maximum absolute atomic E-state index is 13.3. The average Bonchev–Trinajstić information content (AvgIpc) is 2.53. The second kappa shape index (κ2) is 8.08. The Labute approximate surface area is 134 Å². The summed E-state index contributed by atoms with van der Waals surface area (Å²) < 4.78 is 32.2. The summed E-state index contributed by atoms with van der Waals surface area (Å²) in [5.74, 6) is -2.77. The molecule has 6 heteroatoms. The lowest BCUT2D eigenvalue weighted by molar-refractivity contribution is -0.0711. The Hall–Kier alpha value is -1.69. The van der Waals surface area contributed by atoms with Crippen LogP contribution in [0.15, 0.2) is 54.6 Å². The number of benzene rings is 2. The minimum absolute atomic E-state index is 0. The van der Waals surface area contributed by atoms with E-state index in [0.717, 1.165) is 5.56 Å². The predicted octanol–water partition coefficient (Wildman–Crippen LogP) is 3.31.